The number of hydrogen-bond acceptors (Lipinski definition) is 5. The number of benzene rings is 9. The molecule has 0 spiro atoms. The summed E-state index contributed by atoms with van der Waals surface area (Å²) in [4.78, 5) is 8.33. The van der Waals surface area contributed by atoms with Gasteiger partial charge in [0.2, 0.25) is 0 Å². The van der Waals surface area contributed by atoms with Crippen LogP contribution in [0.25, 0.3) is 85.5 Å². The highest BCUT2D eigenvalue weighted by atomic mass is 32.1. The van der Waals surface area contributed by atoms with Gasteiger partial charge in [-0.25, -0.2) is 4.98 Å². The van der Waals surface area contributed by atoms with Gasteiger partial charge in [-0.1, -0.05) is 152 Å². The van der Waals surface area contributed by atoms with E-state index in [-0.39, 0.29) is 0 Å². The van der Waals surface area contributed by atoms with Gasteiger partial charge in [0, 0.05) is 41.9 Å². The Hall–Kier alpha value is -6.76. The lowest BCUT2D eigenvalue weighted by atomic mass is 9.94. The van der Waals surface area contributed by atoms with Crippen molar-refractivity contribution >= 4 is 82.8 Å². The molecule has 0 unspecified atom stereocenters. The van der Waals surface area contributed by atoms with E-state index in [4.69, 9.17) is 17.6 Å². The number of anilines is 3. The second-order valence-corrected chi connectivity index (χ2v) is 17.5. The molecule has 0 saturated carbocycles. The average molecular weight is 821 g/mol. The minimum atomic E-state index is 0.911. The van der Waals surface area contributed by atoms with Gasteiger partial charge in [-0.15, -0.1) is 35.3 Å². The highest BCUT2D eigenvalue weighted by Crippen LogP contribution is 2.48. The van der Waals surface area contributed by atoms with Crippen LogP contribution in [0.15, 0.2) is 217 Å². The molecular weight excluding hydrogens is 785 g/mol. The summed E-state index contributed by atoms with van der Waals surface area (Å²) in [6.07, 6.45) is 0. The van der Waals surface area contributed by atoms with Gasteiger partial charge in [0.05, 0.1) is 21.6 Å². The summed E-state index contributed by atoms with van der Waals surface area (Å²) in [6.45, 7) is 0. The van der Waals surface area contributed by atoms with Crippen LogP contribution in [0, 0.1) is 0 Å². The van der Waals surface area contributed by atoms with Crippen molar-refractivity contribution in [3.63, 3.8) is 0 Å². The Kier molecular flexibility index (Phi) is 9.35. The van der Waals surface area contributed by atoms with Gasteiger partial charge in [0.15, 0.2) is 0 Å². The van der Waals surface area contributed by atoms with Crippen molar-refractivity contribution in [3.8, 4) is 55.1 Å². The molecule has 60 heavy (non-hydrogen) atoms. The molecule has 0 aliphatic carbocycles. The van der Waals surface area contributed by atoms with E-state index in [1.807, 2.05) is 17.4 Å². The van der Waals surface area contributed by atoms with Crippen molar-refractivity contribution in [2.45, 2.75) is 4.90 Å². The Labute approximate surface area is 362 Å². The Morgan fingerprint density at radius 1 is 0.383 bits per heavy atom. The first-order valence-electron chi connectivity index (χ1n) is 20.0. The van der Waals surface area contributed by atoms with Crippen molar-refractivity contribution in [2.24, 2.45) is 0 Å². The van der Waals surface area contributed by atoms with Gasteiger partial charge in [-0.2, -0.15) is 0 Å². The highest BCUT2D eigenvalue weighted by molar-refractivity contribution is 7.80. The Balaban J connectivity index is 1.07. The highest BCUT2D eigenvalue weighted by Gasteiger charge is 2.22. The third-order valence-corrected chi connectivity index (χ3v) is 13.8. The Morgan fingerprint density at radius 2 is 0.983 bits per heavy atom. The van der Waals surface area contributed by atoms with Crippen molar-refractivity contribution < 1.29 is 0 Å². The number of rotatable bonds is 8. The van der Waals surface area contributed by atoms with Gasteiger partial charge < -0.3 is 4.90 Å². The van der Waals surface area contributed by atoms with Crippen molar-refractivity contribution in [1.82, 2.24) is 4.98 Å². The summed E-state index contributed by atoms with van der Waals surface area (Å²) in [7, 11) is 0. The van der Waals surface area contributed by atoms with Crippen molar-refractivity contribution in [2.75, 3.05) is 4.90 Å². The molecule has 11 aromatic rings. The quantitative estimate of drug-likeness (QED) is 0.154. The molecule has 0 aliphatic heterocycles. The molecule has 9 aromatic carbocycles. The third-order valence-electron chi connectivity index (χ3n) is 11.2. The fourth-order valence-electron chi connectivity index (χ4n) is 8.31. The minimum absolute atomic E-state index is 0.911. The zero-order chi connectivity index (χ0) is 40.0. The van der Waals surface area contributed by atoms with Crippen LogP contribution in [0.1, 0.15) is 0 Å². The first-order chi connectivity index (χ1) is 29.6. The number of thiol groups is 1. The smallest absolute Gasteiger partial charge is 0.124 e. The molecule has 0 saturated heterocycles. The van der Waals surface area contributed by atoms with Crippen molar-refractivity contribution in [1.29, 1.82) is 0 Å². The molecule has 0 bridgehead atoms. The fraction of sp³-hybridized carbons (Fsp3) is 0. The molecule has 284 valence electrons. The maximum absolute atomic E-state index is 5.00. The zero-order valence-electron chi connectivity index (χ0n) is 32.4. The lowest BCUT2D eigenvalue weighted by Gasteiger charge is -2.29. The van der Waals surface area contributed by atoms with Crippen LogP contribution >= 0.6 is 35.3 Å². The van der Waals surface area contributed by atoms with Crippen LogP contribution in [0.5, 0.6) is 0 Å². The van der Waals surface area contributed by atoms with Crippen LogP contribution in [-0.4, -0.2) is 4.98 Å². The third kappa shape index (κ3) is 6.67. The first-order valence-corrected chi connectivity index (χ1v) is 22.1. The number of thiazole rings is 1. The predicted octanol–water partition coefficient (Wildman–Crippen LogP) is 16.8. The van der Waals surface area contributed by atoms with E-state index in [2.05, 4.69) is 211 Å². The molecule has 11 rings (SSSR count). The van der Waals surface area contributed by atoms with Gasteiger partial charge in [-0.3, -0.25) is 0 Å². The summed E-state index contributed by atoms with van der Waals surface area (Å²) < 4.78 is 3.70. The van der Waals surface area contributed by atoms with E-state index in [9.17, 15) is 0 Å². The summed E-state index contributed by atoms with van der Waals surface area (Å²) in [5.41, 5.74) is 14.6. The standard InChI is InChI=1S/C55H36N2S3/c58-50-35-47-53(60-55(56-47)39-18-8-3-9-19-39)34-46(50)42-21-12-20-40(32-42)41-28-31-48(45(33-41)38-16-6-2-7-17-38)57(43-29-26-37(27-30-43)36-14-4-1-5-15-36)49-23-13-25-52-54(49)44-22-10-11-24-51(44)59-52/h1-35,58H. The molecular formula is C55H36N2S3. The van der Waals surface area contributed by atoms with E-state index in [1.54, 1.807) is 11.3 Å². The number of hydrogen-bond donors (Lipinski definition) is 1. The molecule has 0 aliphatic rings. The topological polar surface area (TPSA) is 16.1 Å². The van der Waals surface area contributed by atoms with Crippen LogP contribution in [-0.2, 0) is 0 Å². The van der Waals surface area contributed by atoms with Crippen LogP contribution in [0.2, 0.25) is 0 Å². The number of thiophene rings is 1. The molecule has 2 aromatic heterocycles. The van der Waals surface area contributed by atoms with E-state index < -0.39 is 0 Å². The van der Waals surface area contributed by atoms with Gasteiger partial charge in [0.1, 0.15) is 5.01 Å². The van der Waals surface area contributed by atoms with Gasteiger partial charge in [0.25, 0.3) is 0 Å². The average Bonchev–Trinajstić information content (AvgIpc) is 3.92. The van der Waals surface area contributed by atoms with Crippen molar-refractivity contribution in [3.05, 3.63) is 212 Å². The largest absolute Gasteiger partial charge is 0.309 e. The number of aromatic nitrogens is 1. The zero-order valence-corrected chi connectivity index (χ0v) is 34.9. The lowest BCUT2D eigenvalue weighted by Crippen LogP contribution is -2.11. The molecule has 2 heterocycles. The summed E-state index contributed by atoms with van der Waals surface area (Å²) in [5, 5.41) is 3.55. The summed E-state index contributed by atoms with van der Waals surface area (Å²) in [5.74, 6) is 0. The number of nitrogens with zero attached hydrogens (tertiary/aromatic N) is 2. The normalized spacial score (nSPS) is 11.4. The summed E-state index contributed by atoms with van der Waals surface area (Å²) >= 11 is 8.57. The Bertz CT molecular complexity index is 3320. The predicted molar refractivity (Wildman–Crippen MR) is 262 cm³/mol. The van der Waals surface area contributed by atoms with Crippen LogP contribution in [0.4, 0.5) is 17.1 Å². The summed E-state index contributed by atoms with van der Waals surface area (Å²) in [6, 6.07) is 76.4. The molecule has 0 radical (unpaired) electrons. The maximum Gasteiger partial charge on any atom is 0.124 e. The van der Waals surface area contributed by atoms with E-state index in [0.29, 0.717) is 0 Å². The molecule has 2 nitrogen and oxygen atoms in total. The second-order valence-electron chi connectivity index (χ2n) is 14.9. The monoisotopic (exact) mass is 820 g/mol. The van der Waals surface area contributed by atoms with E-state index in [0.717, 1.165) is 76.1 Å². The SMILES string of the molecule is Sc1cc2nc(-c3ccccc3)sc2cc1-c1cccc(-c2ccc(N(c3ccc(-c4ccccc4)cc3)c3cccc4sc5ccccc5c34)c(-c3ccccc3)c2)c1. The van der Waals surface area contributed by atoms with E-state index in [1.165, 1.54) is 31.3 Å². The molecule has 0 N–H and O–H groups in total. The van der Waals surface area contributed by atoms with Gasteiger partial charge in [-0.05, 0) is 99.6 Å². The molecule has 0 amide bonds. The lowest BCUT2D eigenvalue weighted by molar-refractivity contribution is 1.30. The molecule has 5 heteroatoms. The van der Waals surface area contributed by atoms with Crippen LogP contribution < -0.4 is 4.90 Å². The van der Waals surface area contributed by atoms with Gasteiger partial charge >= 0.3 is 0 Å². The molecule has 0 atom stereocenters. The van der Waals surface area contributed by atoms with Crippen LogP contribution in [0.3, 0.4) is 0 Å². The molecule has 0 fully saturated rings. The number of fused-ring (bicyclic) bond motifs is 4. The second kappa shape index (κ2) is 15.4. The minimum Gasteiger partial charge on any atom is -0.309 e. The Morgan fingerprint density at radius 3 is 1.77 bits per heavy atom. The maximum atomic E-state index is 5.00. The fourth-order valence-corrected chi connectivity index (χ4v) is 10.7. The first kappa shape index (κ1) is 36.3. The van der Waals surface area contributed by atoms with E-state index >= 15 is 0 Å².